The van der Waals surface area contributed by atoms with Crippen LogP contribution in [-0.2, 0) is 0 Å². The first-order chi connectivity index (χ1) is 14.0. The molecular formula is C21H21N5OS2. The summed E-state index contributed by atoms with van der Waals surface area (Å²) < 4.78 is 0. The smallest absolute Gasteiger partial charge is 0.264 e. The summed E-state index contributed by atoms with van der Waals surface area (Å²) in [4.78, 5) is 33.9. The monoisotopic (exact) mass is 423 g/mol. The van der Waals surface area contributed by atoms with Gasteiger partial charge in [-0.05, 0) is 50.1 Å². The lowest BCUT2D eigenvalue weighted by molar-refractivity contribution is 0.0751. The van der Waals surface area contributed by atoms with Crippen LogP contribution in [0.4, 0.5) is 5.13 Å². The van der Waals surface area contributed by atoms with Crippen LogP contribution in [0.2, 0.25) is 0 Å². The van der Waals surface area contributed by atoms with Gasteiger partial charge in [0.25, 0.3) is 5.91 Å². The summed E-state index contributed by atoms with van der Waals surface area (Å²) in [5.41, 5.74) is 4.17. The van der Waals surface area contributed by atoms with Crippen LogP contribution in [0.25, 0.3) is 20.6 Å². The largest absolute Gasteiger partial charge is 0.344 e. The van der Waals surface area contributed by atoms with Gasteiger partial charge >= 0.3 is 0 Å². The first-order valence-corrected chi connectivity index (χ1v) is 11.3. The van der Waals surface area contributed by atoms with Crippen LogP contribution in [0.15, 0.2) is 24.4 Å². The molecule has 1 aliphatic rings. The molecule has 0 aliphatic carbocycles. The second-order valence-electron chi connectivity index (χ2n) is 7.42. The highest BCUT2D eigenvalue weighted by molar-refractivity contribution is 7.21. The molecule has 0 bridgehead atoms. The number of fused-ring (bicyclic) bond motifs is 2. The summed E-state index contributed by atoms with van der Waals surface area (Å²) in [6, 6.07) is 5.99. The van der Waals surface area contributed by atoms with Crippen LogP contribution in [0.1, 0.15) is 26.5 Å². The van der Waals surface area contributed by atoms with Gasteiger partial charge in [-0.1, -0.05) is 11.3 Å². The van der Waals surface area contributed by atoms with Crippen molar-refractivity contribution >= 4 is 54.3 Å². The van der Waals surface area contributed by atoms with E-state index in [1.807, 2.05) is 30.9 Å². The number of thiazole rings is 1. The molecule has 5 rings (SSSR count). The van der Waals surface area contributed by atoms with Crippen molar-refractivity contribution in [3.05, 3.63) is 46.1 Å². The van der Waals surface area contributed by atoms with Gasteiger partial charge in [-0.3, -0.25) is 4.79 Å². The maximum absolute atomic E-state index is 13.2. The van der Waals surface area contributed by atoms with Gasteiger partial charge in [0.1, 0.15) is 15.2 Å². The second-order valence-corrected chi connectivity index (χ2v) is 9.38. The molecule has 0 saturated carbocycles. The SMILES string of the molecule is Cc1cc(C)c2c(C)c(C(=O)N3CCN(c4nc5cccnc5s4)CC3)sc2n1. The predicted octanol–water partition coefficient (Wildman–Crippen LogP) is 4.19. The number of piperazine rings is 1. The van der Waals surface area contributed by atoms with E-state index in [4.69, 9.17) is 4.98 Å². The Balaban J connectivity index is 1.35. The summed E-state index contributed by atoms with van der Waals surface area (Å²) in [6.45, 7) is 9.09. The van der Waals surface area contributed by atoms with Crippen molar-refractivity contribution in [2.45, 2.75) is 20.8 Å². The van der Waals surface area contributed by atoms with Gasteiger partial charge in [0.05, 0.1) is 4.88 Å². The van der Waals surface area contributed by atoms with E-state index in [1.54, 1.807) is 17.5 Å². The molecule has 4 aromatic rings. The number of carbonyl (C=O) groups is 1. The van der Waals surface area contributed by atoms with E-state index < -0.39 is 0 Å². The number of carbonyl (C=O) groups excluding carboxylic acids is 1. The van der Waals surface area contributed by atoms with Crippen LogP contribution in [0.5, 0.6) is 0 Å². The molecule has 6 nitrogen and oxygen atoms in total. The number of nitrogens with zero attached hydrogens (tertiary/aromatic N) is 5. The molecule has 0 spiro atoms. The van der Waals surface area contributed by atoms with Crippen LogP contribution in [-0.4, -0.2) is 51.9 Å². The molecule has 1 aliphatic heterocycles. The van der Waals surface area contributed by atoms with E-state index in [-0.39, 0.29) is 5.91 Å². The average molecular weight is 424 g/mol. The van der Waals surface area contributed by atoms with E-state index in [0.717, 1.165) is 54.9 Å². The van der Waals surface area contributed by atoms with E-state index in [0.29, 0.717) is 13.1 Å². The molecule has 1 fully saturated rings. The minimum Gasteiger partial charge on any atom is -0.344 e. The Kier molecular flexibility index (Phi) is 4.48. The van der Waals surface area contributed by atoms with Gasteiger partial charge in [0.15, 0.2) is 5.13 Å². The lowest BCUT2D eigenvalue weighted by Crippen LogP contribution is -2.48. The van der Waals surface area contributed by atoms with Crippen molar-refractivity contribution in [1.82, 2.24) is 19.9 Å². The highest BCUT2D eigenvalue weighted by Crippen LogP contribution is 2.33. The lowest BCUT2D eigenvalue weighted by atomic mass is 10.1. The molecule has 1 saturated heterocycles. The molecule has 0 radical (unpaired) electrons. The van der Waals surface area contributed by atoms with Crippen molar-refractivity contribution in [2.75, 3.05) is 31.1 Å². The maximum atomic E-state index is 13.2. The Morgan fingerprint density at radius 2 is 1.83 bits per heavy atom. The number of aromatic nitrogens is 3. The molecule has 0 unspecified atom stereocenters. The maximum Gasteiger partial charge on any atom is 0.264 e. The van der Waals surface area contributed by atoms with Gasteiger partial charge in [0, 0.05) is 43.5 Å². The normalized spacial score (nSPS) is 14.9. The zero-order valence-corrected chi connectivity index (χ0v) is 18.2. The third-order valence-corrected chi connectivity index (χ3v) is 7.63. The number of anilines is 1. The third kappa shape index (κ3) is 3.16. The second kappa shape index (κ2) is 7.03. The van der Waals surface area contributed by atoms with Crippen molar-refractivity contribution in [3.8, 4) is 0 Å². The fraction of sp³-hybridized carbons (Fsp3) is 0.333. The number of hydrogen-bond acceptors (Lipinski definition) is 7. The first kappa shape index (κ1) is 18.4. The zero-order valence-electron chi connectivity index (χ0n) is 16.6. The lowest BCUT2D eigenvalue weighted by Gasteiger charge is -2.34. The number of aryl methyl sites for hydroxylation is 3. The highest BCUT2D eigenvalue weighted by Gasteiger charge is 2.27. The Hall–Kier alpha value is -2.58. The average Bonchev–Trinajstić information content (AvgIpc) is 3.29. The number of hydrogen-bond donors (Lipinski definition) is 0. The minimum absolute atomic E-state index is 0.119. The molecule has 148 valence electrons. The molecule has 8 heteroatoms. The van der Waals surface area contributed by atoms with Crippen molar-refractivity contribution in [1.29, 1.82) is 0 Å². The molecular weight excluding hydrogens is 402 g/mol. The molecule has 29 heavy (non-hydrogen) atoms. The zero-order chi connectivity index (χ0) is 20.1. The fourth-order valence-electron chi connectivity index (χ4n) is 3.96. The Morgan fingerprint density at radius 3 is 2.59 bits per heavy atom. The van der Waals surface area contributed by atoms with Crippen molar-refractivity contribution in [3.63, 3.8) is 0 Å². The molecule has 0 atom stereocenters. The van der Waals surface area contributed by atoms with Gasteiger partial charge in [-0.2, -0.15) is 0 Å². The molecule has 5 heterocycles. The molecule has 0 aromatic carbocycles. The van der Waals surface area contributed by atoms with Crippen LogP contribution >= 0.6 is 22.7 Å². The highest BCUT2D eigenvalue weighted by atomic mass is 32.1. The van der Waals surface area contributed by atoms with Crippen LogP contribution in [0.3, 0.4) is 0 Å². The number of thiophene rings is 1. The molecule has 0 N–H and O–H groups in total. The van der Waals surface area contributed by atoms with Crippen molar-refractivity contribution < 1.29 is 4.79 Å². The number of amides is 1. The van der Waals surface area contributed by atoms with E-state index >= 15 is 0 Å². The summed E-state index contributed by atoms with van der Waals surface area (Å²) in [5.74, 6) is 0.119. The summed E-state index contributed by atoms with van der Waals surface area (Å²) in [7, 11) is 0. The standard InChI is InChI=1S/C21H21N5OS2/c1-12-11-13(2)23-19-16(12)14(3)17(28-19)20(27)25-7-9-26(10-8-25)21-24-15-5-4-6-22-18(15)29-21/h4-6,11H,7-10H2,1-3H3. The molecule has 1 amide bonds. The van der Waals surface area contributed by atoms with E-state index in [1.165, 1.54) is 16.9 Å². The summed E-state index contributed by atoms with van der Waals surface area (Å²) >= 11 is 3.13. The van der Waals surface area contributed by atoms with Gasteiger partial charge in [-0.25, -0.2) is 15.0 Å². The van der Waals surface area contributed by atoms with Crippen LogP contribution in [0, 0.1) is 20.8 Å². The fourth-order valence-corrected chi connectivity index (χ4v) is 6.19. The third-order valence-electron chi connectivity index (χ3n) is 5.41. The van der Waals surface area contributed by atoms with Gasteiger partial charge in [-0.15, -0.1) is 11.3 Å². The van der Waals surface area contributed by atoms with Crippen LogP contribution < -0.4 is 4.90 Å². The Morgan fingerprint density at radius 1 is 1.03 bits per heavy atom. The van der Waals surface area contributed by atoms with Gasteiger partial charge in [0.2, 0.25) is 0 Å². The minimum atomic E-state index is 0.119. The Bertz CT molecular complexity index is 1200. The van der Waals surface area contributed by atoms with E-state index in [2.05, 4.69) is 27.9 Å². The molecule has 4 aromatic heterocycles. The first-order valence-electron chi connectivity index (χ1n) is 9.64. The number of rotatable bonds is 2. The van der Waals surface area contributed by atoms with E-state index in [9.17, 15) is 4.79 Å². The number of pyridine rings is 2. The quantitative estimate of drug-likeness (QED) is 0.484. The topological polar surface area (TPSA) is 62.2 Å². The summed E-state index contributed by atoms with van der Waals surface area (Å²) in [5, 5.41) is 2.11. The summed E-state index contributed by atoms with van der Waals surface area (Å²) in [6.07, 6.45) is 1.80. The Labute approximate surface area is 176 Å². The van der Waals surface area contributed by atoms with Crippen molar-refractivity contribution in [2.24, 2.45) is 0 Å². The van der Waals surface area contributed by atoms with Gasteiger partial charge < -0.3 is 9.80 Å². The predicted molar refractivity (Wildman–Crippen MR) is 119 cm³/mol.